The molecule has 3 aromatic rings. The van der Waals surface area contributed by atoms with Crippen LogP contribution >= 0.6 is 0 Å². The number of aromatic nitrogens is 1. The molecule has 1 heterocycles. The van der Waals surface area contributed by atoms with Gasteiger partial charge in [-0.15, -0.1) is 0 Å². The van der Waals surface area contributed by atoms with Crippen LogP contribution < -0.4 is 10.1 Å². The number of hydrogen-bond acceptors (Lipinski definition) is 4. The van der Waals surface area contributed by atoms with E-state index >= 15 is 0 Å². The van der Waals surface area contributed by atoms with Gasteiger partial charge < -0.3 is 19.8 Å². The first-order valence-electron chi connectivity index (χ1n) is 9.17. The molecule has 146 valence electrons. The summed E-state index contributed by atoms with van der Waals surface area (Å²) in [7, 11) is 1.61. The third-order valence-electron chi connectivity index (χ3n) is 4.79. The van der Waals surface area contributed by atoms with Gasteiger partial charge in [-0.25, -0.2) is 4.79 Å². The van der Waals surface area contributed by atoms with E-state index in [0.29, 0.717) is 34.8 Å². The third-order valence-corrected chi connectivity index (χ3v) is 4.79. The molecule has 6 heteroatoms. The van der Waals surface area contributed by atoms with E-state index in [1.165, 1.54) is 0 Å². The Hall–Kier alpha value is -3.28. The van der Waals surface area contributed by atoms with Gasteiger partial charge in [0.2, 0.25) is 0 Å². The first-order chi connectivity index (χ1) is 13.5. The van der Waals surface area contributed by atoms with Crippen molar-refractivity contribution < 1.29 is 19.1 Å². The number of aromatic amines is 1. The van der Waals surface area contributed by atoms with Gasteiger partial charge in [0.25, 0.3) is 5.91 Å². The number of esters is 1. The topological polar surface area (TPSA) is 80.4 Å². The van der Waals surface area contributed by atoms with Crippen molar-refractivity contribution in [2.75, 3.05) is 13.7 Å². The monoisotopic (exact) mass is 380 g/mol. The van der Waals surface area contributed by atoms with E-state index in [2.05, 4.69) is 10.3 Å². The van der Waals surface area contributed by atoms with E-state index in [9.17, 15) is 9.59 Å². The van der Waals surface area contributed by atoms with Crippen molar-refractivity contribution in [2.24, 2.45) is 0 Å². The van der Waals surface area contributed by atoms with Crippen LogP contribution in [0.5, 0.6) is 5.75 Å². The maximum atomic E-state index is 12.8. The lowest BCUT2D eigenvalue weighted by atomic mass is 10.0. The highest BCUT2D eigenvalue weighted by atomic mass is 16.5. The Kier molecular flexibility index (Phi) is 5.68. The minimum atomic E-state index is -0.427. The Morgan fingerprint density at radius 1 is 1.11 bits per heavy atom. The van der Waals surface area contributed by atoms with Gasteiger partial charge >= 0.3 is 5.97 Å². The summed E-state index contributed by atoms with van der Waals surface area (Å²) in [5.74, 6) is 0.000240. The van der Waals surface area contributed by atoms with Gasteiger partial charge in [0.1, 0.15) is 11.4 Å². The molecule has 0 radical (unpaired) electrons. The Bertz CT molecular complexity index is 1040. The Balaban J connectivity index is 1.87. The third kappa shape index (κ3) is 3.58. The molecule has 0 aliphatic heterocycles. The number of hydrogen-bond donors (Lipinski definition) is 2. The van der Waals surface area contributed by atoms with Crippen LogP contribution in [0.2, 0.25) is 0 Å². The molecule has 0 aliphatic carbocycles. The van der Waals surface area contributed by atoms with E-state index < -0.39 is 5.97 Å². The van der Waals surface area contributed by atoms with Crippen LogP contribution in [0.3, 0.4) is 0 Å². The second-order valence-corrected chi connectivity index (χ2v) is 6.50. The Morgan fingerprint density at radius 2 is 1.86 bits per heavy atom. The van der Waals surface area contributed by atoms with Gasteiger partial charge in [-0.3, -0.25) is 4.79 Å². The van der Waals surface area contributed by atoms with Crippen LogP contribution in [-0.2, 0) is 11.3 Å². The second kappa shape index (κ2) is 8.17. The number of carbonyl (C=O) groups excluding carboxylic acids is 2. The number of carbonyl (C=O) groups is 2. The minimum absolute atomic E-state index is 0.283. The number of fused-ring (bicyclic) bond motifs is 1. The molecule has 0 spiro atoms. The predicted octanol–water partition coefficient (Wildman–Crippen LogP) is 3.90. The van der Waals surface area contributed by atoms with Crippen molar-refractivity contribution in [1.29, 1.82) is 0 Å². The van der Waals surface area contributed by atoms with Gasteiger partial charge in [0, 0.05) is 17.8 Å². The maximum Gasteiger partial charge on any atom is 0.340 e. The average Bonchev–Trinajstić information content (AvgIpc) is 3.00. The van der Waals surface area contributed by atoms with Gasteiger partial charge in [0.15, 0.2) is 0 Å². The zero-order valence-corrected chi connectivity index (χ0v) is 16.5. The van der Waals surface area contributed by atoms with Crippen molar-refractivity contribution in [2.45, 2.75) is 27.3 Å². The number of nitrogens with one attached hydrogen (secondary N) is 2. The molecule has 2 aromatic carbocycles. The molecule has 0 saturated heterocycles. The Morgan fingerprint density at radius 3 is 2.57 bits per heavy atom. The average molecular weight is 380 g/mol. The molecule has 0 aliphatic rings. The van der Waals surface area contributed by atoms with Gasteiger partial charge in [-0.1, -0.05) is 30.3 Å². The Labute approximate surface area is 163 Å². The van der Waals surface area contributed by atoms with E-state index in [0.717, 1.165) is 16.3 Å². The standard InChI is InChI=1S/C22H24N2O4/c1-5-28-22(26)19-13(2)20(24-14(19)3)21(25)23-12-17-16-9-7-6-8-15(16)10-11-18(17)27-4/h6-11,24H,5,12H2,1-4H3,(H,23,25). The highest BCUT2D eigenvalue weighted by Crippen LogP contribution is 2.28. The predicted molar refractivity (Wildman–Crippen MR) is 108 cm³/mol. The molecule has 1 aromatic heterocycles. The summed E-state index contributed by atoms with van der Waals surface area (Å²) in [5, 5.41) is 5.03. The fraction of sp³-hybridized carbons (Fsp3) is 0.273. The second-order valence-electron chi connectivity index (χ2n) is 6.50. The summed E-state index contributed by atoms with van der Waals surface area (Å²) >= 11 is 0. The minimum Gasteiger partial charge on any atom is -0.496 e. The van der Waals surface area contributed by atoms with Crippen molar-refractivity contribution >= 4 is 22.6 Å². The van der Waals surface area contributed by atoms with Gasteiger partial charge in [0.05, 0.1) is 19.3 Å². The number of H-pyrrole nitrogens is 1. The molecule has 0 bridgehead atoms. The lowest BCUT2D eigenvalue weighted by Gasteiger charge is -2.13. The summed E-state index contributed by atoms with van der Waals surface area (Å²) in [6, 6.07) is 11.8. The normalized spacial score (nSPS) is 10.7. The van der Waals surface area contributed by atoms with Crippen molar-refractivity contribution in [1.82, 2.24) is 10.3 Å². The molecule has 0 atom stereocenters. The number of benzene rings is 2. The van der Waals surface area contributed by atoms with Crippen molar-refractivity contribution in [3.63, 3.8) is 0 Å². The van der Waals surface area contributed by atoms with E-state index in [1.807, 2.05) is 36.4 Å². The summed E-state index contributed by atoms with van der Waals surface area (Å²) in [5.41, 5.74) is 2.87. The zero-order chi connectivity index (χ0) is 20.3. The van der Waals surface area contributed by atoms with Crippen molar-refractivity contribution in [3.05, 3.63) is 64.5 Å². The SMILES string of the molecule is CCOC(=O)c1c(C)[nH]c(C(=O)NCc2c(OC)ccc3ccccc23)c1C. The van der Waals surface area contributed by atoms with Crippen LogP contribution in [0, 0.1) is 13.8 Å². The van der Waals surface area contributed by atoms with Crippen LogP contribution in [0.1, 0.15) is 44.6 Å². The maximum absolute atomic E-state index is 12.8. The highest BCUT2D eigenvalue weighted by Gasteiger charge is 2.23. The number of aryl methyl sites for hydroxylation is 1. The molecule has 6 nitrogen and oxygen atoms in total. The number of methoxy groups -OCH3 is 1. The molecule has 0 fully saturated rings. The summed E-state index contributed by atoms with van der Waals surface area (Å²) in [4.78, 5) is 27.9. The molecule has 1 amide bonds. The zero-order valence-electron chi connectivity index (χ0n) is 16.5. The smallest absolute Gasteiger partial charge is 0.340 e. The molecule has 3 rings (SSSR count). The van der Waals surface area contributed by atoms with E-state index in [4.69, 9.17) is 9.47 Å². The quantitative estimate of drug-likeness (QED) is 0.636. The number of rotatable bonds is 6. The fourth-order valence-electron chi connectivity index (χ4n) is 3.43. The summed E-state index contributed by atoms with van der Waals surface area (Å²) < 4.78 is 10.6. The number of amides is 1. The lowest BCUT2D eigenvalue weighted by Crippen LogP contribution is -2.24. The largest absolute Gasteiger partial charge is 0.496 e. The fourth-order valence-corrected chi connectivity index (χ4v) is 3.43. The van der Waals surface area contributed by atoms with E-state index in [-0.39, 0.29) is 12.5 Å². The molecular formula is C22H24N2O4. The van der Waals surface area contributed by atoms with Gasteiger partial charge in [-0.05, 0) is 43.2 Å². The molecule has 0 saturated carbocycles. The molecule has 2 N–H and O–H groups in total. The van der Waals surface area contributed by atoms with E-state index in [1.54, 1.807) is 27.9 Å². The van der Waals surface area contributed by atoms with Crippen LogP contribution in [0.15, 0.2) is 36.4 Å². The lowest BCUT2D eigenvalue weighted by molar-refractivity contribution is 0.0525. The first-order valence-corrected chi connectivity index (χ1v) is 9.17. The van der Waals surface area contributed by atoms with Gasteiger partial charge in [-0.2, -0.15) is 0 Å². The molecular weight excluding hydrogens is 356 g/mol. The molecule has 0 unspecified atom stereocenters. The summed E-state index contributed by atoms with van der Waals surface area (Å²) in [6.45, 7) is 5.83. The first kappa shape index (κ1) is 19.5. The number of ether oxygens (including phenoxy) is 2. The van der Waals surface area contributed by atoms with Crippen LogP contribution in [-0.4, -0.2) is 30.6 Å². The summed E-state index contributed by atoms with van der Waals surface area (Å²) in [6.07, 6.45) is 0. The van der Waals surface area contributed by atoms with Crippen molar-refractivity contribution in [3.8, 4) is 5.75 Å². The highest BCUT2D eigenvalue weighted by molar-refractivity contribution is 6.00. The molecule has 28 heavy (non-hydrogen) atoms. The van der Waals surface area contributed by atoms with Crippen LogP contribution in [0.25, 0.3) is 10.8 Å². The van der Waals surface area contributed by atoms with Crippen LogP contribution in [0.4, 0.5) is 0 Å².